The Bertz CT molecular complexity index is 622. The molecule has 0 spiro atoms. The molecule has 6 nitrogen and oxygen atoms in total. The van der Waals surface area contributed by atoms with Crippen molar-refractivity contribution in [2.75, 3.05) is 31.0 Å². The van der Waals surface area contributed by atoms with Gasteiger partial charge in [-0.15, -0.1) is 11.3 Å². The van der Waals surface area contributed by atoms with Gasteiger partial charge >= 0.3 is 12.1 Å². The molecule has 0 aliphatic rings. The van der Waals surface area contributed by atoms with Crippen molar-refractivity contribution in [1.29, 1.82) is 0 Å². The largest absolute Gasteiger partial charge is 0.465 e. The zero-order chi connectivity index (χ0) is 15.7. The second kappa shape index (κ2) is 5.48. The van der Waals surface area contributed by atoms with Crippen LogP contribution in [0.1, 0.15) is 9.67 Å². The molecule has 0 aliphatic carbocycles. The van der Waals surface area contributed by atoms with Gasteiger partial charge in [-0.3, -0.25) is 0 Å². The van der Waals surface area contributed by atoms with Gasteiger partial charge < -0.3 is 15.8 Å². The highest BCUT2D eigenvalue weighted by Gasteiger charge is 2.31. The maximum Gasteiger partial charge on any atom is 0.405 e. The van der Waals surface area contributed by atoms with E-state index in [4.69, 9.17) is 5.73 Å². The van der Waals surface area contributed by atoms with Crippen LogP contribution in [0.4, 0.5) is 23.9 Å². The molecule has 0 saturated heterocycles. The zero-order valence-corrected chi connectivity index (χ0v) is 12.0. The molecule has 11 heteroatoms. The Balaban J connectivity index is 3.32. The number of hydrogen-bond donors (Lipinski definition) is 2. The van der Waals surface area contributed by atoms with Crippen molar-refractivity contribution in [3.63, 3.8) is 0 Å². The maximum atomic E-state index is 12.2. The number of hydrogen-bond acceptors (Lipinski definition) is 7. The molecule has 0 unspecified atom stereocenters. The number of esters is 1. The fraction of sp³-hybridized carbons (Fsp3) is 0.444. The van der Waals surface area contributed by atoms with Crippen molar-refractivity contribution in [3.8, 4) is 0 Å². The fourth-order valence-corrected chi connectivity index (χ4v) is 3.82. The van der Waals surface area contributed by atoms with Crippen LogP contribution in [0.5, 0.6) is 0 Å². The van der Waals surface area contributed by atoms with E-state index in [-0.39, 0.29) is 9.88 Å². The first kappa shape index (κ1) is 16.6. The fourth-order valence-electron chi connectivity index (χ4n) is 1.34. The quantitative estimate of drug-likeness (QED) is 0.811. The molecule has 1 aromatic heterocycles. The highest BCUT2D eigenvalue weighted by Crippen LogP contribution is 2.39. The molecular formula is C9H11F3N2O4S2. The standard InChI is InChI=1S/C9H11F3N2O4S2/c1-18-8(15)5-4(13)6(20(2,16)17)7(19-5)14-3-9(10,11)12/h14H,3,13H2,1-2H3. The third kappa shape index (κ3) is 3.76. The minimum Gasteiger partial charge on any atom is -0.465 e. The summed E-state index contributed by atoms with van der Waals surface area (Å²) in [5.41, 5.74) is 5.09. The van der Waals surface area contributed by atoms with Crippen LogP contribution < -0.4 is 11.1 Å². The number of alkyl halides is 3. The number of nitrogens with one attached hydrogen (secondary N) is 1. The number of sulfone groups is 1. The molecule has 1 heterocycles. The van der Waals surface area contributed by atoms with E-state index in [1.54, 1.807) is 0 Å². The summed E-state index contributed by atoms with van der Waals surface area (Å²) in [6.45, 7) is -1.45. The number of carbonyl (C=O) groups is 1. The number of halogens is 3. The van der Waals surface area contributed by atoms with Crippen molar-refractivity contribution < 1.29 is 31.1 Å². The first-order chi connectivity index (χ1) is 8.97. The summed E-state index contributed by atoms with van der Waals surface area (Å²) in [5, 5.41) is 1.58. The van der Waals surface area contributed by atoms with Gasteiger partial charge in [0.15, 0.2) is 9.84 Å². The van der Waals surface area contributed by atoms with E-state index >= 15 is 0 Å². The number of ether oxygens (including phenoxy) is 1. The molecule has 0 radical (unpaired) electrons. The molecule has 0 aliphatic heterocycles. The van der Waals surface area contributed by atoms with Crippen LogP contribution in [-0.2, 0) is 14.6 Å². The summed E-state index contributed by atoms with van der Waals surface area (Å²) < 4.78 is 64.1. The van der Waals surface area contributed by atoms with Gasteiger partial charge in [0.05, 0.1) is 12.8 Å². The van der Waals surface area contributed by atoms with Gasteiger partial charge in [-0.2, -0.15) is 13.2 Å². The Morgan fingerprint density at radius 1 is 1.45 bits per heavy atom. The van der Waals surface area contributed by atoms with Gasteiger partial charge in [0, 0.05) is 6.26 Å². The van der Waals surface area contributed by atoms with E-state index in [1.165, 1.54) is 0 Å². The lowest BCUT2D eigenvalue weighted by Gasteiger charge is -2.09. The summed E-state index contributed by atoms with van der Waals surface area (Å²) in [5.74, 6) is -0.919. The molecular weight excluding hydrogens is 321 g/mol. The third-order valence-electron chi connectivity index (χ3n) is 2.09. The summed E-state index contributed by atoms with van der Waals surface area (Å²) in [7, 11) is -2.86. The Morgan fingerprint density at radius 3 is 2.40 bits per heavy atom. The number of nitrogen functional groups attached to an aromatic ring is 1. The van der Waals surface area contributed by atoms with Crippen LogP contribution in [0.25, 0.3) is 0 Å². The van der Waals surface area contributed by atoms with Crippen molar-refractivity contribution in [2.24, 2.45) is 0 Å². The average Bonchev–Trinajstić information content (AvgIpc) is 2.61. The number of carbonyl (C=O) groups excluding carboxylic acids is 1. The molecule has 0 amide bonds. The number of anilines is 2. The molecule has 20 heavy (non-hydrogen) atoms. The number of nitrogens with two attached hydrogens (primary N) is 1. The van der Waals surface area contributed by atoms with Crippen molar-refractivity contribution >= 4 is 37.8 Å². The van der Waals surface area contributed by atoms with Gasteiger partial charge in [-0.25, -0.2) is 13.2 Å². The molecule has 3 N–H and O–H groups in total. The third-order valence-corrected chi connectivity index (χ3v) is 4.53. The Morgan fingerprint density at radius 2 is 2.00 bits per heavy atom. The van der Waals surface area contributed by atoms with Crippen molar-refractivity contribution in [1.82, 2.24) is 0 Å². The van der Waals surface area contributed by atoms with Crippen LogP contribution in [-0.4, -0.2) is 40.5 Å². The van der Waals surface area contributed by atoms with Gasteiger partial charge in [0.1, 0.15) is 21.3 Å². The van der Waals surface area contributed by atoms with E-state index in [2.05, 4.69) is 4.74 Å². The lowest BCUT2D eigenvalue weighted by atomic mass is 10.4. The van der Waals surface area contributed by atoms with E-state index in [0.29, 0.717) is 11.3 Å². The Labute approximate surface area is 116 Å². The summed E-state index contributed by atoms with van der Waals surface area (Å²) >= 11 is 0.497. The molecule has 0 fully saturated rings. The van der Waals surface area contributed by atoms with Crippen LogP contribution >= 0.6 is 11.3 Å². The highest BCUT2D eigenvalue weighted by atomic mass is 32.2. The molecule has 0 saturated carbocycles. The second-order valence-corrected chi connectivity index (χ2v) is 6.71. The summed E-state index contributed by atoms with van der Waals surface area (Å²) in [6, 6.07) is 0. The predicted octanol–water partition coefficient (Wildman–Crippen LogP) is 1.49. The first-order valence-corrected chi connectivity index (χ1v) is 7.69. The summed E-state index contributed by atoms with van der Waals surface area (Å²) in [4.78, 5) is 10.6. The highest BCUT2D eigenvalue weighted by molar-refractivity contribution is 7.91. The molecule has 1 rings (SSSR count). The van der Waals surface area contributed by atoms with E-state index in [9.17, 15) is 26.4 Å². The normalized spacial score (nSPS) is 12.2. The van der Waals surface area contributed by atoms with Gasteiger partial charge in [0.2, 0.25) is 0 Å². The van der Waals surface area contributed by atoms with Gasteiger partial charge in [-0.1, -0.05) is 0 Å². The zero-order valence-electron chi connectivity index (χ0n) is 10.4. The van der Waals surface area contributed by atoms with Crippen LogP contribution in [0.3, 0.4) is 0 Å². The molecule has 114 valence electrons. The van der Waals surface area contributed by atoms with Crippen LogP contribution in [0, 0.1) is 0 Å². The number of methoxy groups -OCH3 is 1. The van der Waals surface area contributed by atoms with Gasteiger partial charge in [0.25, 0.3) is 0 Å². The first-order valence-electron chi connectivity index (χ1n) is 4.98. The Kier molecular flexibility index (Phi) is 4.54. The number of rotatable bonds is 4. The monoisotopic (exact) mass is 332 g/mol. The van der Waals surface area contributed by atoms with Gasteiger partial charge in [-0.05, 0) is 0 Å². The van der Waals surface area contributed by atoms with E-state index in [0.717, 1.165) is 13.4 Å². The lowest BCUT2D eigenvalue weighted by molar-refractivity contribution is -0.115. The van der Waals surface area contributed by atoms with Crippen LogP contribution in [0.2, 0.25) is 0 Å². The predicted molar refractivity (Wildman–Crippen MR) is 67.7 cm³/mol. The van der Waals surface area contributed by atoms with Crippen molar-refractivity contribution in [2.45, 2.75) is 11.1 Å². The smallest absolute Gasteiger partial charge is 0.405 e. The number of thiophene rings is 1. The molecule has 0 aromatic carbocycles. The van der Waals surface area contributed by atoms with Crippen LogP contribution in [0.15, 0.2) is 4.90 Å². The molecule has 1 aromatic rings. The lowest BCUT2D eigenvalue weighted by Crippen LogP contribution is -2.21. The second-order valence-electron chi connectivity index (χ2n) is 3.74. The Hall–Kier alpha value is -1.49. The molecule has 0 atom stereocenters. The maximum absolute atomic E-state index is 12.2. The minimum absolute atomic E-state index is 0.266. The molecule has 0 bridgehead atoms. The van der Waals surface area contributed by atoms with E-state index in [1.807, 2.05) is 5.32 Å². The van der Waals surface area contributed by atoms with Crippen molar-refractivity contribution in [3.05, 3.63) is 4.88 Å². The summed E-state index contributed by atoms with van der Waals surface area (Å²) in [6.07, 6.45) is -3.76. The average molecular weight is 332 g/mol. The van der Waals surface area contributed by atoms with E-state index < -0.39 is 39.1 Å². The SMILES string of the molecule is COC(=O)c1sc(NCC(F)(F)F)c(S(C)(=O)=O)c1N. The minimum atomic E-state index is -4.54. The topological polar surface area (TPSA) is 98.5 Å².